The third kappa shape index (κ3) is 7.78. The summed E-state index contributed by atoms with van der Waals surface area (Å²) in [6.45, 7) is 1.91. The Labute approximate surface area is 279 Å². The van der Waals surface area contributed by atoms with Gasteiger partial charge in [0.1, 0.15) is 30.5 Å². The van der Waals surface area contributed by atoms with Gasteiger partial charge < -0.3 is 25.7 Å². The molecule has 2 aliphatic rings. The minimum absolute atomic E-state index is 0.0353. The Hall–Kier alpha value is -4.19. The molecule has 5 rings (SSSR count). The smallest absolute Gasteiger partial charge is 0.352 e. The van der Waals surface area contributed by atoms with Gasteiger partial charge in [-0.05, 0) is 18.6 Å². The second kappa shape index (κ2) is 14.9. The summed E-state index contributed by atoms with van der Waals surface area (Å²) >= 11 is 4.92. The molecule has 17 heteroatoms. The molecular formula is C29H28N6O7S4. The van der Waals surface area contributed by atoms with Crippen LogP contribution in [0.4, 0.5) is 5.13 Å². The molecule has 1 fully saturated rings. The number of carbonyl (C=O) groups excluding carboxylic acids is 3. The lowest BCUT2D eigenvalue weighted by atomic mass is 10.1. The Morgan fingerprint density at radius 3 is 2.72 bits per heavy atom. The number of hydrogen-bond acceptors (Lipinski definition) is 14. The number of aryl methyl sites for hydroxylation is 1. The number of aliphatic carboxylic acids is 1. The molecular weight excluding hydrogens is 673 g/mol. The number of oxime groups is 1. The number of aromatic nitrogens is 2. The van der Waals surface area contributed by atoms with E-state index in [4.69, 9.17) is 15.3 Å². The number of carbonyl (C=O) groups is 4. The number of nitrogens with zero attached hydrogens (tertiary/aromatic N) is 4. The van der Waals surface area contributed by atoms with Gasteiger partial charge >= 0.3 is 11.9 Å². The minimum atomic E-state index is -1.29. The van der Waals surface area contributed by atoms with Crippen LogP contribution in [0.1, 0.15) is 28.2 Å². The second-order valence-corrected chi connectivity index (χ2v) is 14.2. The van der Waals surface area contributed by atoms with Gasteiger partial charge in [-0.3, -0.25) is 19.3 Å². The normalized spacial score (nSPS) is 17.9. The van der Waals surface area contributed by atoms with E-state index in [9.17, 15) is 24.3 Å². The lowest BCUT2D eigenvalue weighted by Gasteiger charge is -2.46. The molecule has 2 atom stereocenters. The lowest BCUT2D eigenvalue weighted by Crippen LogP contribution is -2.58. The summed E-state index contributed by atoms with van der Waals surface area (Å²) < 4.78 is 5.94. The fourth-order valence-corrected chi connectivity index (χ4v) is 8.87. The maximum atomic E-state index is 13.4. The van der Waals surface area contributed by atoms with Crippen LogP contribution in [0.3, 0.4) is 0 Å². The average molecular weight is 701 g/mol. The van der Waals surface area contributed by atoms with Crippen molar-refractivity contribution in [2.45, 2.75) is 34.9 Å². The number of anilines is 1. The highest BCUT2D eigenvalue weighted by atomic mass is 32.2. The van der Waals surface area contributed by atoms with Crippen LogP contribution in [0.15, 0.2) is 62.6 Å². The molecule has 0 radical (unpaired) electrons. The van der Waals surface area contributed by atoms with Crippen molar-refractivity contribution >= 4 is 86.9 Å². The summed E-state index contributed by atoms with van der Waals surface area (Å²) in [5.74, 6) is -2.56. The third-order valence-electron chi connectivity index (χ3n) is 6.67. The van der Waals surface area contributed by atoms with E-state index in [1.165, 1.54) is 46.9 Å². The second-order valence-electron chi connectivity index (χ2n) is 9.73. The molecule has 0 bridgehead atoms. The monoisotopic (exact) mass is 700 g/mol. The van der Waals surface area contributed by atoms with Crippen molar-refractivity contribution in [2.75, 3.05) is 25.2 Å². The SMILES string of the molecule is CO/N=C(/C(=O)NC1S[C@@H]2CC(=O)N2C(C(=O)O)=C1CSc1nc(C)c(CC(=O)OC/C=C/c2ccccc2)s1)c1csc(N)n1. The number of thioether (sulfide) groups is 2. The van der Waals surface area contributed by atoms with Gasteiger partial charge in [-0.2, -0.15) is 0 Å². The van der Waals surface area contributed by atoms with E-state index in [1.807, 2.05) is 36.4 Å². The Bertz CT molecular complexity index is 1740. The number of nitrogen functional groups attached to an aromatic ring is 1. The van der Waals surface area contributed by atoms with Crippen molar-refractivity contribution in [2.24, 2.45) is 5.16 Å². The van der Waals surface area contributed by atoms with Gasteiger partial charge in [-0.15, -0.1) is 34.4 Å². The van der Waals surface area contributed by atoms with Crippen LogP contribution in [-0.4, -0.2) is 79.7 Å². The highest BCUT2D eigenvalue weighted by Crippen LogP contribution is 2.45. The molecule has 3 aromatic rings. The zero-order valence-electron chi connectivity index (χ0n) is 24.5. The number of thiazole rings is 2. The van der Waals surface area contributed by atoms with Crippen molar-refractivity contribution in [3.05, 3.63) is 74.9 Å². The maximum Gasteiger partial charge on any atom is 0.352 e. The molecule has 46 heavy (non-hydrogen) atoms. The topological polar surface area (TPSA) is 186 Å². The van der Waals surface area contributed by atoms with Crippen molar-refractivity contribution in [3.63, 3.8) is 0 Å². The number of fused-ring (bicyclic) bond motifs is 1. The molecule has 2 amide bonds. The molecule has 4 N–H and O–H groups in total. The van der Waals surface area contributed by atoms with Crippen LogP contribution in [0.25, 0.3) is 6.08 Å². The number of ether oxygens (including phenoxy) is 1. The molecule has 0 spiro atoms. The van der Waals surface area contributed by atoms with Gasteiger partial charge in [0.25, 0.3) is 5.91 Å². The number of carboxylic acid groups (broad SMARTS) is 1. The van der Waals surface area contributed by atoms with Crippen molar-refractivity contribution < 1.29 is 33.9 Å². The quantitative estimate of drug-likeness (QED) is 0.0776. The number of β-lactam (4-membered cyclic amide) rings is 1. The summed E-state index contributed by atoms with van der Waals surface area (Å²) in [5, 5.41) is 17.3. The van der Waals surface area contributed by atoms with Crippen LogP contribution in [0.2, 0.25) is 0 Å². The van der Waals surface area contributed by atoms with E-state index in [-0.39, 0.29) is 53.3 Å². The molecule has 240 valence electrons. The minimum Gasteiger partial charge on any atom is -0.477 e. The standard InChI is InChI=1S/C29H28N6O7S4/c1-15-19(11-22(37)42-10-6-9-16-7-4-3-5-8-16)45-29(31-15)44-13-17-24(27(39)40)35-20(36)12-21(35)46-26(17)33-25(38)23(34-41-2)18-14-43-28(30)32-18/h3-9,14,21,26H,10-13H2,1-2H3,(H2,30,32)(H,33,38)(H,39,40)/b9-6+,34-23+/t21-,26?/m1/s1. The van der Waals surface area contributed by atoms with E-state index in [1.54, 1.807) is 18.4 Å². The molecule has 2 aromatic heterocycles. The first kappa shape index (κ1) is 33.2. The van der Waals surface area contributed by atoms with Crippen molar-refractivity contribution in [1.82, 2.24) is 20.2 Å². The number of rotatable bonds is 13. The van der Waals surface area contributed by atoms with E-state index >= 15 is 0 Å². The number of carboxylic acids is 1. The van der Waals surface area contributed by atoms with Gasteiger partial charge in [0.15, 0.2) is 15.2 Å². The number of esters is 1. The Balaban J connectivity index is 1.28. The van der Waals surface area contributed by atoms with Gasteiger partial charge in [0.2, 0.25) is 5.91 Å². The summed E-state index contributed by atoms with van der Waals surface area (Å²) in [6.07, 6.45) is 3.81. The Morgan fingerprint density at radius 2 is 2.04 bits per heavy atom. The number of hydrogen-bond donors (Lipinski definition) is 3. The Morgan fingerprint density at radius 1 is 1.26 bits per heavy atom. The summed E-state index contributed by atoms with van der Waals surface area (Å²) in [5.41, 5.74) is 7.60. The third-order valence-corrected chi connectivity index (χ3v) is 11.1. The lowest BCUT2D eigenvalue weighted by molar-refractivity contribution is -0.146. The average Bonchev–Trinajstić information content (AvgIpc) is 3.61. The summed E-state index contributed by atoms with van der Waals surface area (Å²) in [4.78, 5) is 66.2. The van der Waals surface area contributed by atoms with Gasteiger partial charge in [0.05, 0.1) is 23.9 Å². The number of amides is 2. The van der Waals surface area contributed by atoms with E-state index in [0.29, 0.717) is 15.6 Å². The van der Waals surface area contributed by atoms with E-state index in [2.05, 4.69) is 20.4 Å². The first-order valence-electron chi connectivity index (χ1n) is 13.7. The van der Waals surface area contributed by atoms with Crippen LogP contribution < -0.4 is 11.1 Å². The number of benzene rings is 1. The first-order valence-corrected chi connectivity index (χ1v) is 17.3. The molecule has 2 aliphatic heterocycles. The molecule has 1 unspecified atom stereocenters. The molecule has 4 heterocycles. The van der Waals surface area contributed by atoms with E-state index < -0.39 is 28.6 Å². The van der Waals surface area contributed by atoms with Gasteiger partial charge in [-0.1, -0.05) is 53.3 Å². The van der Waals surface area contributed by atoms with Crippen LogP contribution in [0.5, 0.6) is 0 Å². The molecule has 13 nitrogen and oxygen atoms in total. The van der Waals surface area contributed by atoms with Crippen LogP contribution in [0, 0.1) is 6.92 Å². The maximum absolute atomic E-state index is 13.4. The Kier molecular flexibility index (Phi) is 10.8. The highest BCUT2D eigenvalue weighted by molar-refractivity contribution is 8.02. The number of nitrogens with two attached hydrogens (primary N) is 1. The van der Waals surface area contributed by atoms with Gasteiger partial charge in [-0.25, -0.2) is 14.8 Å². The summed E-state index contributed by atoms with van der Waals surface area (Å²) in [7, 11) is 1.29. The zero-order valence-corrected chi connectivity index (χ0v) is 27.8. The van der Waals surface area contributed by atoms with Crippen molar-refractivity contribution in [3.8, 4) is 0 Å². The largest absolute Gasteiger partial charge is 0.477 e. The van der Waals surface area contributed by atoms with Crippen molar-refractivity contribution in [1.29, 1.82) is 0 Å². The fourth-order valence-electron chi connectivity index (χ4n) is 4.51. The zero-order chi connectivity index (χ0) is 32.8. The van der Waals surface area contributed by atoms with Crippen LogP contribution >= 0.6 is 46.2 Å². The predicted molar refractivity (Wildman–Crippen MR) is 177 cm³/mol. The first-order chi connectivity index (χ1) is 22.1. The predicted octanol–water partition coefficient (Wildman–Crippen LogP) is 3.52. The molecule has 1 aromatic carbocycles. The summed E-state index contributed by atoms with van der Waals surface area (Å²) in [6, 6.07) is 9.66. The molecule has 0 aliphatic carbocycles. The van der Waals surface area contributed by atoms with E-state index in [0.717, 1.165) is 21.8 Å². The molecule has 0 saturated carbocycles. The fraction of sp³-hybridized carbons (Fsp3) is 0.276. The highest BCUT2D eigenvalue weighted by Gasteiger charge is 2.49. The molecule has 1 saturated heterocycles. The van der Waals surface area contributed by atoms with Gasteiger partial charge in [0, 0.05) is 21.6 Å². The van der Waals surface area contributed by atoms with Crippen LogP contribution in [-0.2, 0) is 35.2 Å². The number of nitrogens with one attached hydrogen (secondary N) is 1.